The van der Waals surface area contributed by atoms with E-state index in [4.69, 9.17) is 0 Å². The number of hydrogen-bond donors (Lipinski definition) is 1. The molecule has 0 fully saturated rings. The Morgan fingerprint density at radius 2 is 1.83 bits per heavy atom. The van der Waals surface area contributed by atoms with Crippen LogP contribution in [0.3, 0.4) is 0 Å². The fourth-order valence-corrected chi connectivity index (χ4v) is 1.63. The third-order valence-corrected chi connectivity index (χ3v) is 2.92. The molecule has 1 N–H and O–H groups in total. The van der Waals surface area contributed by atoms with Gasteiger partial charge in [0.2, 0.25) is 5.91 Å². The fourth-order valence-electron chi connectivity index (χ4n) is 1.63. The molecule has 1 rings (SSSR count). The molecule has 0 radical (unpaired) electrons. The van der Waals surface area contributed by atoms with Gasteiger partial charge in [-0.15, -0.1) is 0 Å². The van der Waals surface area contributed by atoms with E-state index < -0.39 is 0 Å². The minimum absolute atomic E-state index is 0.108. The van der Waals surface area contributed by atoms with Crippen molar-refractivity contribution in [2.45, 2.75) is 32.7 Å². The first kappa shape index (κ1) is 14.7. The topological polar surface area (TPSA) is 32.3 Å². The van der Waals surface area contributed by atoms with Crippen LogP contribution in [0.4, 0.5) is 0 Å². The predicted octanol–water partition coefficient (Wildman–Crippen LogP) is 2.38. The van der Waals surface area contributed by atoms with Crippen LogP contribution in [0, 0.1) is 0 Å². The van der Waals surface area contributed by atoms with E-state index >= 15 is 0 Å². The molecule has 0 aliphatic carbocycles. The standard InChI is InChI=1S/C15H24N2O/c1-12(2)14-7-5-13(6-8-14)11-16-15(18)9-10-17(3)4/h5-8,12H,9-11H2,1-4H3,(H,16,18). The van der Waals surface area contributed by atoms with Crippen molar-refractivity contribution < 1.29 is 4.79 Å². The maximum atomic E-state index is 11.6. The van der Waals surface area contributed by atoms with Crippen LogP contribution < -0.4 is 5.32 Å². The van der Waals surface area contributed by atoms with Crippen LogP contribution in [-0.4, -0.2) is 31.4 Å². The summed E-state index contributed by atoms with van der Waals surface area (Å²) in [6.07, 6.45) is 0.553. The van der Waals surface area contributed by atoms with Crippen LogP contribution in [0.15, 0.2) is 24.3 Å². The van der Waals surface area contributed by atoms with Gasteiger partial charge in [-0.25, -0.2) is 0 Å². The van der Waals surface area contributed by atoms with Crippen LogP contribution in [0.2, 0.25) is 0 Å². The van der Waals surface area contributed by atoms with Gasteiger partial charge in [0.15, 0.2) is 0 Å². The molecule has 1 aromatic rings. The molecule has 18 heavy (non-hydrogen) atoms. The summed E-state index contributed by atoms with van der Waals surface area (Å²) in [4.78, 5) is 13.6. The van der Waals surface area contributed by atoms with E-state index in [-0.39, 0.29) is 5.91 Å². The first-order valence-corrected chi connectivity index (χ1v) is 6.49. The van der Waals surface area contributed by atoms with Gasteiger partial charge in [0.1, 0.15) is 0 Å². The molecule has 0 aliphatic heterocycles. The summed E-state index contributed by atoms with van der Waals surface area (Å²) in [6, 6.07) is 8.43. The van der Waals surface area contributed by atoms with Crippen molar-refractivity contribution in [3.05, 3.63) is 35.4 Å². The Morgan fingerprint density at radius 3 is 2.33 bits per heavy atom. The highest BCUT2D eigenvalue weighted by molar-refractivity contribution is 5.76. The van der Waals surface area contributed by atoms with Gasteiger partial charge in [-0.2, -0.15) is 0 Å². The smallest absolute Gasteiger partial charge is 0.221 e. The second-order valence-electron chi connectivity index (χ2n) is 5.23. The summed E-state index contributed by atoms with van der Waals surface area (Å²) in [5.74, 6) is 0.658. The molecule has 0 aliphatic rings. The second-order valence-corrected chi connectivity index (χ2v) is 5.23. The molecular weight excluding hydrogens is 224 g/mol. The van der Waals surface area contributed by atoms with Crippen molar-refractivity contribution in [1.82, 2.24) is 10.2 Å². The number of rotatable bonds is 6. The Kier molecular flexibility index (Phi) is 5.86. The number of carbonyl (C=O) groups is 1. The van der Waals surface area contributed by atoms with Gasteiger partial charge in [-0.1, -0.05) is 38.1 Å². The molecule has 0 heterocycles. The van der Waals surface area contributed by atoms with E-state index in [1.54, 1.807) is 0 Å². The number of hydrogen-bond acceptors (Lipinski definition) is 2. The van der Waals surface area contributed by atoms with Gasteiger partial charge in [0.05, 0.1) is 0 Å². The molecule has 0 unspecified atom stereocenters. The van der Waals surface area contributed by atoms with Crippen LogP contribution in [0.25, 0.3) is 0 Å². The van der Waals surface area contributed by atoms with E-state index in [1.807, 2.05) is 19.0 Å². The van der Waals surface area contributed by atoms with Crippen molar-refractivity contribution in [3.63, 3.8) is 0 Å². The zero-order valence-corrected chi connectivity index (χ0v) is 11.9. The summed E-state index contributed by atoms with van der Waals surface area (Å²) >= 11 is 0. The molecule has 0 aromatic heterocycles. The monoisotopic (exact) mass is 248 g/mol. The highest BCUT2D eigenvalue weighted by atomic mass is 16.1. The molecule has 1 amide bonds. The largest absolute Gasteiger partial charge is 0.352 e. The highest BCUT2D eigenvalue weighted by Crippen LogP contribution is 2.14. The Bertz CT molecular complexity index is 369. The van der Waals surface area contributed by atoms with Crippen molar-refractivity contribution in [1.29, 1.82) is 0 Å². The minimum atomic E-state index is 0.108. The molecule has 0 atom stereocenters. The zero-order chi connectivity index (χ0) is 13.5. The maximum Gasteiger partial charge on any atom is 0.221 e. The zero-order valence-electron chi connectivity index (χ0n) is 11.9. The quantitative estimate of drug-likeness (QED) is 0.838. The van der Waals surface area contributed by atoms with Crippen molar-refractivity contribution in [3.8, 4) is 0 Å². The van der Waals surface area contributed by atoms with E-state index in [0.717, 1.165) is 12.1 Å². The Labute approximate surface area is 110 Å². The SMILES string of the molecule is CC(C)c1ccc(CNC(=O)CCN(C)C)cc1. The van der Waals surface area contributed by atoms with Crippen LogP contribution in [0.5, 0.6) is 0 Å². The first-order valence-electron chi connectivity index (χ1n) is 6.49. The third-order valence-electron chi connectivity index (χ3n) is 2.92. The van der Waals surface area contributed by atoms with E-state index in [0.29, 0.717) is 18.9 Å². The molecule has 3 heteroatoms. The van der Waals surface area contributed by atoms with Crippen LogP contribution in [-0.2, 0) is 11.3 Å². The van der Waals surface area contributed by atoms with Gasteiger partial charge in [0, 0.05) is 19.5 Å². The summed E-state index contributed by atoms with van der Waals surface area (Å²) in [7, 11) is 3.94. The molecular formula is C15H24N2O. The average molecular weight is 248 g/mol. The fraction of sp³-hybridized carbons (Fsp3) is 0.533. The number of nitrogens with one attached hydrogen (secondary N) is 1. The van der Waals surface area contributed by atoms with Gasteiger partial charge < -0.3 is 10.2 Å². The van der Waals surface area contributed by atoms with Crippen LogP contribution >= 0.6 is 0 Å². The van der Waals surface area contributed by atoms with Crippen molar-refractivity contribution in [2.75, 3.05) is 20.6 Å². The Morgan fingerprint density at radius 1 is 1.22 bits per heavy atom. The lowest BCUT2D eigenvalue weighted by atomic mass is 10.0. The summed E-state index contributed by atoms with van der Waals surface area (Å²) in [6.45, 7) is 5.76. The van der Waals surface area contributed by atoms with Gasteiger partial charge >= 0.3 is 0 Å². The second kappa shape index (κ2) is 7.17. The highest BCUT2D eigenvalue weighted by Gasteiger charge is 2.03. The lowest BCUT2D eigenvalue weighted by Gasteiger charge is -2.10. The number of benzene rings is 1. The van der Waals surface area contributed by atoms with E-state index in [9.17, 15) is 4.79 Å². The van der Waals surface area contributed by atoms with Gasteiger partial charge in [0.25, 0.3) is 0 Å². The van der Waals surface area contributed by atoms with Gasteiger partial charge in [-0.3, -0.25) is 4.79 Å². The van der Waals surface area contributed by atoms with Gasteiger partial charge in [-0.05, 0) is 31.1 Å². The number of amides is 1. The van der Waals surface area contributed by atoms with Crippen molar-refractivity contribution in [2.24, 2.45) is 0 Å². The molecule has 100 valence electrons. The van der Waals surface area contributed by atoms with E-state index in [2.05, 4.69) is 43.4 Å². The molecule has 0 spiro atoms. The first-order chi connectivity index (χ1) is 8.49. The number of nitrogens with zero attached hydrogens (tertiary/aromatic N) is 1. The maximum absolute atomic E-state index is 11.6. The molecule has 0 bridgehead atoms. The summed E-state index contributed by atoms with van der Waals surface area (Å²) < 4.78 is 0. The lowest BCUT2D eigenvalue weighted by molar-refractivity contribution is -0.121. The molecule has 0 saturated carbocycles. The summed E-state index contributed by atoms with van der Waals surface area (Å²) in [5.41, 5.74) is 2.48. The molecule has 1 aromatic carbocycles. The Hall–Kier alpha value is -1.35. The lowest BCUT2D eigenvalue weighted by Crippen LogP contribution is -2.26. The van der Waals surface area contributed by atoms with Crippen LogP contribution in [0.1, 0.15) is 37.3 Å². The summed E-state index contributed by atoms with van der Waals surface area (Å²) in [5, 5.41) is 2.94. The minimum Gasteiger partial charge on any atom is -0.352 e. The predicted molar refractivity (Wildman–Crippen MR) is 75.5 cm³/mol. The number of carbonyl (C=O) groups excluding carboxylic acids is 1. The normalized spacial score (nSPS) is 11.0. The average Bonchev–Trinajstić information content (AvgIpc) is 2.34. The third kappa shape index (κ3) is 5.32. The van der Waals surface area contributed by atoms with Crippen molar-refractivity contribution >= 4 is 5.91 Å². The molecule has 3 nitrogen and oxygen atoms in total. The Balaban J connectivity index is 2.37. The van der Waals surface area contributed by atoms with E-state index in [1.165, 1.54) is 5.56 Å². The molecule has 0 saturated heterocycles.